The fourth-order valence-corrected chi connectivity index (χ4v) is 2.69. The molecule has 1 aromatic rings. The molecule has 0 saturated carbocycles. The molecule has 0 aromatic carbocycles. The fourth-order valence-electron chi connectivity index (χ4n) is 2.53. The molecule has 2 rings (SSSR count). The third kappa shape index (κ3) is 3.23. The largest absolute Gasteiger partial charge is 0.299 e. The molecule has 1 aromatic heterocycles. The fraction of sp³-hybridized carbons (Fsp3) is 0.643. The zero-order valence-electron chi connectivity index (χ0n) is 10.8. The molecule has 1 aliphatic heterocycles. The van der Waals surface area contributed by atoms with E-state index in [0.717, 1.165) is 5.69 Å². The molecule has 1 fully saturated rings. The molecule has 0 amide bonds. The Bertz CT molecular complexity index is 348. The molecule has 0 spiro atoms. The summed E-state index contributed by atoms with van der Waals surface area (Å²) in [6.07, 6.45) is 7.31. The Hall–Kier alpha value is -0.540. The maximum atomic E-state index is 4.52. The van der Waals surface area contributed by atoms with Gasteiger partial charge in [-0.25, -0.2) is 0 Å². The molecule has 3 heteroatoms. The lowest BCUT2D eigenvalue weighted by Crippen LogP contribution is -2.24. The van der Waals surface area contributed by atoms with Crippen LogP contribution in [-0.4, -0.2) is 23.5 Å². The van der Waals surface area contributed by atoms with Crippen LogP contribution in [0.2, 0.25) is 0 Å². The molecule has 2 unspecified atom stereocenters. The maximum absolute atomic E-state index is 4.52. The van der Waals surface area contributed by atoms with Crippen LogP contribution in [0.1, 0.15) is 55.2 Å². The molecule has 2 atom stereocenters. The average molecular weight is 250 g/mol. The van der Waals surface area contributed by atoms with E-state index in [1.807, 2.05) is 6.20 Å². The smallest absolute Gasteiger partial charge is 0.0528 e. The summed E-state index contributed by atoms with van der Waals surface area (Å²) in [5.41, 5.74) is 2.42. The van der Waals surface area contributed by atoms with Crippen LogP contribution in [0.3, 0.4) is 0 Å². The summed E-state index contributed by atoms with van der Waals surface area (Å²) >= 11 is 4.41. The summed E-state index contributed by atoms with van der Waals surface area (Å²) in [4.78, 5) is 6.98. The third-order valence-corrected chi connectivity index (χ3v) is 3.91. The summed E-state index contributed by atoms with van der Waals surface area (Å²) in [7, 11) is 2.23. The second-order valence-corrected chi connectivity index (χ2v) is 5.81. The second-order valence-electron chi connectivity index (χ2n) is 5.04. The normalized spacial score (nSPS) is 24.3. The Morgan fingerprint density at radius 2 is 2.18 bits per heavy atom. The number of likely N-dealkylation sites (tertiary alicyclic amines) is 1. The van der Waals surface area contributed by atoms with Crippen molar-refractivity contribution in [3.05, 3.63) is 29.6 Å². The van der Waals surface area contributed by atoms with Crippen LogP contribution in [0.15, 0.2) is 18.3 Å². The van der Waals surface area contributed by atoms with Gasteiger partial charge in [0.15, 0.2) is 0 Å². The number of pyridine rings is 1. The lowest BCUT2D eigenvalue weighted by atomic mass is 10.0. The molecule has 2 nitrogen and oxygen atoms in total. The van der Waals surface area contributed by atoms with E-state index < -0.39 is 0 Å². The molecular weight excluding hydrogens is 228 g/mol. The molecule has 0 N–H and O–H groups in total. The van der Waals surface area contributed by atoms with Gasteiger partial charge in [0.25, 0.3) is 0 Å². The van der Waals surface area contributed by atoms with Crippen LogP contribution in [-0.2, 0) is 0 Å². The molecule has 0 aliphatic carbocycles. The van der Waals surface area contributed by atoms with Crippen molar-refractivity contribution in [2.75, 3.05) is 13.6 Å². The minimum atomic E-state index is 0.218. The topological polar surface area (TPSA) is 16.1 Å². The second kappa shape index (κ2) is 5.87. The quantitative estimate of drug-likeness (QED) is 0.807. The van der Waals surface area contributed by atoms with Crippen LogP contribution in [0, 0.1) is 0 Å². The highest BCUT2D eigenvalue weighted by Crippen LogP contribution is 2.29. The first-order chi connectivity index (χ1) is 8.18. The average Bonchev–Trinajstić information content (AvgIpc) is 2.54. The summed E-state index contributed by atoms with van der Waals surface area (Å²) in [6.45, 7) is 3.26. The standard InChI is InChI=1S/C14H22N2S/c1-11(17)13-8-7-12(10-15-13)14-6-4-3-5-9-16(14)2/h7-8,10-11,14,17H,3-6,9H2,1-2H3. The first kappa shape index (κ1) is 12.9. The van der Waals surface area contributed by atoms with E-state index in [4.69, 9.17) is 0 Å². The highest BCUT2D eigenvalue weighted by molar-refractivity contribution is 7.80. The van der Waals surface area contributed by atoms with Gasteiger partial charge in [0, 0.05) is 17.5 Å². The van der Waals surface area contributed by atoms with Crippen molar-refractivity contribution in [1.82, 2.24) is 9.88 Å². The van der Waals surface area contributed by atoms with E-state index in [1.54, 1.807) is 0 Å². The predicted octanol–water partition coefficient (Wildman–Crippen LogP) is 3.62. The molecule has 0 radical (unpaired) electrons. The molecule has 2 heterocycles. The van der Waals surface area contributed by atoms with Crippen LogP contribution in [0.4, 0.5) is 0 Å². The van der Waals surface area contributed by atoms with Crippen molar-refractivity contribution in [3.63, 3.8) is 0 Å². The number of hydrogen-bond donors (Lipinski definition) is 1. The maximum Gasteiger partial charge on any atom is 0.0528 e. The van der Waals surface area contributed by atoms with Gasteiger partial charge >= 0.3 is 0 Å². The van der Waals surface area contributed by atoms with Crippen molar-refractivity contribution < 1.29 is 0 Å². The van der Waals surface area contributed by atoms with Gasteiger partial charge in [-0.1, -0.05) is 18.9 Å². The summed E-state index contributed by atoms with van der Waals surface area (Å²) in [5, 5.41) is 0.218. The van der Waals surface area contributed by atoms with Crippen molar-refractivity contribution >= 4 is 12.6 Å². The Morgan fingerprint density at radius 3 is 2.82 bits per heavy atom. The monoisotopic (exact) mass is 250 g/mol. The Labute approximate surface area is 110 Å². The summed E-state index contributed by atoms with van der Waals surface area (Å²) in [6, 6.07) is 4.89. The van der Waals surface area contributed by atoms with Crippen molar-refractivity contribution in [1.29, 1.82) is 0 Å². The predicted molar refractivity (Wildman–Crippen MR) is 75.5 cm³/mol. The van der Waals surface area contributed by atoms with Gasteiger partial charge in [-0.15, -0.1) is 0 Å². The van der Waals surface area contributed by atoms with E-state index >= 15 is 0 Å². The van der Waals surface area contributed by atoms with Crippen LogP contribution < -0.4 is 0 Å². The summed E-state index contributed by atoms with van der Waals surface area (Å²) in [5.74, 6) is 0. The van der Waals surface area contributed by atoms with E-state index in [2.05, 4.69) is 48.6 Å². The molecule has 0 bridgehead atoms. The van der Waals surface area contributed by atoms with Gasteiger partial charge < -0.3 is 0 Å². The van der Waals surface area contributed by atoms with Crippen LogP contribution in [0.25, 0.3) is 0 Å². The molecular formula is C14H22N2S. The SMILES string of the molecule is CC(S)c1ccc(C2CCCCCN2C)cn1. The van der Waals surface area contributed by atoms with E-state index in [-0.39, 0.29) is 5.25 Å². The lowest BCUT2D eigenvalue weighted by Gasteiger charge is -2.26. The molecule has 17 heavy (non-hydrogen) atoms. The number of hydrogen-bond acceptors (Lipinski definition) is 3. The number of aromatic nitrogens is 1. The Balaban J connectivity index is 2.14. The summed E-state index contributed by atoms with van der Waals surface area (Å²) < 4.78 is 0. The minimum absolute atomic E-state index is 0.218. The first-order valence-electron chi connectivity index (χ1n) is 6.52. The molecule has 1 aliphatic rings. The van der Waals surface area contributed by atoms with E-state index in [0.29, 0.717) is 6.04 Å². The van der Waals surface area contributed by atoms with Gasteiger partial charge in [0.05, 0.1) is 5.69 Å². The minimum Gasteiger partial charge on any atom is -0.299 e. The van der Waals surface area contributed by atoms with Gasteiger partial charge in [0.2, 0.25) is 0 Å². The van der Waals surface area contributed by atoms with Crippen molar-refractivity contribution in [2.24, 2.45) is 0 Å². The number of thiol groups is 1. The van der Waals surface area contributed by atoms with Gasteiger partial charge in [0.1, 0.15) is 0 Å². The zero-order chi connectivity index (χ0) is 12.3. The van der Waals surface area contributed by atoms with Gasteiger partial charge in [-0.05, 0) is 45.0 Å². The Morgan fingerprint density at radius 1 is 1.35 bits per heavy atom. The van der Waals surface area contributed by atoms with E-state index in [1.165, 1.54) is 37.8 Å². The highest BCUT2D eigenvalue weighted by Gasteiger charge is 2.19. The number of rotatable bonds is 2. The van der Waals surface area contributed by atoms with E-state index in [9.17, 15) is 0 Å². The van der Waals surface area contributed by atoms with Gasteiger partial charge in [-0.3, -0.25) is 9.88 Å². The van der Waals surface area contributed by atoms with Crippen molar-refractivity contribution in [2.45, 2.75) is 43.9 Å². The molecule has 1 saturated heterocycles. The highest BCUT2D eigenvalue weighted by atomic mass is 32.1. The van der Waals surface area contributed by atoms with Crippen LogP contribution >= 0.6 is 12.6 Å². The third-order valence-electron chi connectivity index (χ3n) is 3.64. The number of nitrogens with zero attached hydrogens (tertiary/aromatic N) is 2. The van der Waals surface area contributed by atoms with Gasteiger partial charge in [-0.2, -0.15) is 12.6 Å². The van der Waals surface area contributed by atoms with Crippen LogP contribution in [0.5, 0.6) is 0 Å². The Kier molecular flexibility index (Phi) is 4.46. The lowest BCUT2D eigenvalue weighted by molar-refractivity contribution is 0.250. The van der Waals surface area contributed by atoms with Crippen molar-refractivity contribution in [3.8, 4) is 0 Å². The first-order valence-corrected chi connectivity index (χ1v) is 7.04. The zero-order valence-corrected chi connectivity index (χ0v) is 11.7. The molecule has 94 valence electrons.